The number of nitrogens with zero attached hydrogens (tertiary/aromatic N) is 1. The quantitative estimate of drug-likeness (QED) is 0.645. The number of hydrogen-bond donors (Lipinski definition) is 2. The van der Waals surface area contributed by atoms with Crippen LogP contribution in [0.15, 0.2) is 41.5 Å². The summed E-state index contributed by atoms with van der Waals surface area (Å²) in [5.41, 5.74) is 5.11. The molecule has 0 fully saturated rings. The van der Waals surface area contributed by atoms with E-state index in [1.165, 1.54) is 6.21 Å². The Balaban J connectivity index is 1.52. The van der Waals surface area contributed by atoms with Crippen LogP contribution in [0, 0.1) is 6.92 Å². The number of benzene rings is 2. The van der Waals surface area contributed by atoms with Gasteiger partial charge in [0, 0.05) is 17.3 Å². The minimum absolute atomic E-state index is 0.120. The lowest BCUT2D eigenvalue weighted by molar-refractivity contribution is -0.119. The number of carbonyl (C=O) groups excluding carboxylic acids is 1. The summed E-state index contributed by atoms with van der Waals surface area (Å²) in [4.78, 5) is 11.8. The minimum atomic E-state index is -0.260. The number of carbonyl (C=O) groups is 1. The minimum Gasteiger partial charge on any atom is -0.454 e. The lowest BCUT2D eigenvalue weighted by Crippen LogP contribution is -2.25. The molecule has 1 heterocycles. The number of fused-ring (bicyclic) bond motifs is 1. The van der Waals surface area contributed by atoms with E-state index in [9.17, 15) is 4.79 Å². The molecular weight excluding hydrogens is 330 g/mol. The summed E-state index contributed by atoms with van der Waals surface area (Å²) in [6.07, 6.45) is 1.47. The summed E-state index contributed by atoms with van der Waals surface area (Å²) in [6, 6.07) is 11.1. The van der Waals surface area contributed by atoms with E-state index in [1.54, 1.807) is 12.1 Å². The van der Waals surface area contributed by atoms with E-state index in [-0.39, 0.29) is 19.2 Å². The predicted octanol–water partition coefficient (Wildman–Crippen LogP) is 2.94. The summed E-state index contributed by atoms with van der Waals surface area (Å²) >= 11 is 6.13. The Hall–Kier alpha value is -2.73. The van der Waals surface area contributed by atoms with Crippen molar-refractivity contribution in [1.82, 2.24) is 5.43 Å². The van der Waals surface area contributed by atoms with Crippen LogP contribution in [-0.2, 0) is 4.79 Å². The van der Waals surface area contributed by atoms with Crippen molar-refractivity contribution in [3.8, 4) is 11.5 Å². The number of halogens is 1. The van der Waals surface area contributed by atoms with Crippen molar-refractivity contribution in [2.45, 2.75) is 6.92 Å². The molecule has 3 rings (SSSR count). The molecule has 124 valence electrons. The first-order chi connectivity index (χ1) is 11.6. The highest BCUT2D eigenvalue weighted by Gasteiger charge is 2.15. The number of ether oxygens (including phenoxy) is 2. The molecule has 0 bridgehead atoms. The average molecular weight is 346 g/mol. The molecule has 7 heteroatoms. The zero-order chi connectivity index (χ0) is 16.9. The molecule has 6 nitrogen and oxygen atoms in total. The summed E-state index contributed by atoms with van der Waals surface area (Å²) in [5, 5.41) is 7.39. The second-order valence-corrected chi connectivity index (χ2v) is 5.65. The SMILES string of the molecule is Cc1ccc(NCC(=O)N/N=C\c2cc3c(cc2Cl)OCO3)cc1. The normalized spacial score (nSPS) is 12.4. The first-order valence-electron chi connectivity index (χ1n) is 7.33. The van der Waals surface area contributed by atoms with E-state index < -0.39 is 0 Å². The van der Waals surface area contributed by atoms with E-state index in [4.69, 9.17) is 21.1 Å². The number of amides is 1. The van der Waals surface area contributed by atoms with Crippen LogP contribution in [0.5, 0.6) is 11.5 Å². The van der Waals surface area contributed by atoms with Crippen LogP contribution in [-0.4, -0.2) is 25.5 Å². The molecular formula is C17H16ClN3O3. The van der Waals surface area contributed by atoms with Gasteiger partial charge in [-0.25, -0.2) is 5.43 Å². The van der Waals surface area contributed by atoms with Crippen molar-refractivity contribution in [2.24, 2.45) is 5.10 Å². The molecule has 0 atom stereocenters. The largest absolute Gasteiger partial charge is 0.454 e. The molecule has 0 saturated heterocycles. The average Bonchev–Trinajstić information content (AvgIpc) is 3.01. The molecule has 0 spiro atoms. The molecule has 0 saturated carbocycles. The summed E-state index contributed by atoms with van der Waals surface area (Å²) in [7, 11) is 0. The van der Waals surface area contributed by atoms with Gasteiger partial charge in [-0.15, -0.1) is 0 Å². The molecule has 1 aliphatic heterocycles. The van der Waals surface area contributed by atoms with Crippen LogP contribution in [0.3, 0.4) is 0 Å². The third-order valence-corrected chi connectivity index (χ3v) is 3.72. The van der Waals surface area contributed by atoms with Crippen LogP contribution in [0.1, 0.15) is 11.1 Å². The van der Waals surface area contributed by atoms with E-state index in [1.807, 2.05) is 31.2 Å². The summed E-state index contributed by atoms with van der Waals surface area (Å²) in [5.74, 6) is 0.945. The van der Waals surface area contributed by atoms with Crippen molar-refractivity contribution in [2.75, 3.05) is 18.7 Å². The molecule has 1 amide bonds. The Morgan fingerprint density at radius 1 is 1.25 bits per heavy atom. The molecule has 2 aromatic carbocycles. The van der Waals surface area contributed by atoms with Gasteiger partial charge in [-0.1, -0.05) is 29.3 Å². The third kappa shape index (κ3) is 3.97. The zero-order valence-corrected chi connectivity index (χ0v) is 13.8. The number of hydrazone groups is 1. The number of hydrogen-bond acceptors (Lipinski definition) is 5. The third-order valence-electron chi connectivity index (χ3n) is 3.39. The molecule has 0 aliphatic carbocycles. The van der Waals surface area contributed by atoms with Gasteiger partial charge in [0.05, 0.1) is 17.8 Å². The molecule has 0 unspecified atom stereocenters. The van der Waals surface area contributed by atoms with E-state index in [0.717, 1.165) is 11.3 Å². The zero-order valence-electron chi connectivity index (χ0n) is 13.0. The molecule has 2 aromatic rings. The molecule has 0 radical (unpaired) electrons. The lowest BCUT2D eigenvalue weighted by atomic mass is 10.2. The van der Waals surface area contributed by atoms with Crippen LogP contribution in [0.4, 0.5) is 5.69 Å². The van der Waals surface area contributed by atoms with Gasteiger partial charge in [0.15, 0.2) is 11.5 Å². The summed E-state index contributed by atoms with van der Waals surface area (Å²) < 4.78 is 10.5. The van der Waals surface area contributed by atoms with Crippen molar-refractivity contribution in [1.29, 1.82) is 0 Å². The Morgan fingerprint density at radius 3 is 2.71 bits per heavy atom. The van der Waals surface area contributed by atoms with Crippen molar-refractivity contribution in [3.05, 3.63) is 52.5 Å². The Morgan fingerprint density at radius 2 is 1.96 bits per heavy atom. The van der Waals surface area contributed by atoms with Crippen molar-refractivity contribution in [3.63, 3.8) is 0 Å². The number of rotatable bonds is 5. The molecule has 0 aromatic heterocycles. The first kappa shape index (κ1) is 16.1. The van der Waals surface area contributed by atoms with Gasteiger partial charge in [0.1, 0.15) is 0 Å². The molecule has 24 heavy (non-hydrogen) atoms. The maximum Gasteiger partial charge on any atom is 0.259 e. The standard InChI is InChI=1S/C17H16ClN3O3/c1-11-2-4-13(5-3-11)19-9-17(22)21-20-8-12-6-15-16(7-14(12)18)24-10-23-15/h2-8,19H,9-10H2,1H3,(H,21,22)/b20-8-. The Labute approximate surface area is 144 Å². The highest BCUT2D eigenvalue weighted by molar-refractivity contribution is 6.33. The van der Waals surface area contributed by atoms with Gasteiger partial charge < -0.3 is 14.8 Å². The second-order valence-electron chi connectivity index (χ2n) is 5.24. The van der Waals surface area contributed by atoms with E-state index >= 15 is 0 Å². The monoisotopic (exact) mass is 345 g/mol. The second kappa shape index (κ2) is 7.23. The highest BCUT2D eigenvalue weighted by atomic mass is 35.5. The van der Waals surface area contributed by atoms with Crippen molar-refractivity contribution < 1.29 is 14.3 Å². The fourth-order valence-electron chi connectivity index (χ4n) is 2.10. The van der Waals surface area contributed by atoms with Gasteiger partial charge in [0.25, 0.3) is 5.91 Å². The van der Waals surface area contributed by atoms with Gasteiger partial charge in [-0.2, -0.15) is 5.10 Å². The van der Waals surface area contributed by atoms with Crippen LogP contribution >= 0.6 is 11.6 Å². The number of aryl methyl sites for hydroxylation is 1. The predicted molar refractivity (Wildman–Crippen MR) is 93.0 cm³/mol. The van der Waals surface area contributed by atoms with Gasteiger partial charge in [-0.05, 0) is 25.1 Å². The maximum atomic E-state index is 11.8. The van der Waals surface area contributed by atoms with Gasteiger partial charge >= 0.3 is 0 Å². The van der Waals surface area contributed by atoms with Crippen molar-refractivity contribution >= 4 is 29.4 Å². The Kier molecular flexibility index (Phi) is 4.86. The van der Waals surface area contributed by atoms with Crippen LogP contribution < -0.4 is 20.2 Å². The fourth-order valence-corrected chi connectivity index (χ4v) is 2.30. The summed E-state index contributed by atoms with van der Waals surface area (Å²) in [6.45, 7) is 2.30. The van der Waals surface area contributed by atoms with E-state index in [2.05, 4.69) is 15.8 Å². The van der Waals surface area contributed by atoms with Crippen LogP contribution in [0.2, 0.25) is 5.02 Å². The first-order valence-corrected chi connectivity index (χ1v) is 7.71. The van der Waals surface area contributed by atoms with Gasteiger partial charge in [0.2, 0.25) is 6.79 Å². The van der Waals surface area contributed by atoms with Crippen LogP contribution in [0.25, 0.3) is 0 Å². The lowest BCUT2D eigenvalue weighted by Gasteiger charge is -2.05. The fraction of sp³-hybridized carbons (Fsp3) is 0.176. The maximum absolute atomic E-state index is 11.8. The highest BCUT2D eigenvalue weighted by Crippen LogP contribution is 2.36. The Bertz CT molecular complexity index is 775. The van der Waals surface area contributed by atoms with E-state index in [0.29, 0.717) is 22.1 Å². The van der Waals surface area contributed by atoms with Gasteiger partial charge in [-0.3, -0.25) is 4.79 Å². The number of nitrogens with one attached hydrogen (secondary N) is 2. The molecule has 1 aliphatic rings. The topological polar surface area (TPSA) is 72.0 Å². The smallest absolute Gasteiger partial charge is 0.259 e. The molecule has 2 N–H and O–H groups in total. The number of anilines is 1.